The van der Waals surface area contributed by atoms with E-state index in [1.807, 2.05) is 0 Å². The van der Waals surface area contributed by atoms with Gasteiger partial charge in [-0.3, -0.25) is 0 Å². The monoisotopic (exact) mass is 216 g/mol. The molecule has 0 saturated heterocycles. The van der Waals surface area contributed by atoms with Gasteiger partial charge in [0.2, 0.25) is 0 Å². The second-order valence-corrected chi connectivity index (χ2v) is 3.74. The molecule has 0 N–H and O–H groups in total. The fourth-order valence-corrected chi connectivity index (χ4v) is 1.61. The van der Waals surface area contributed by atoms with Crippen LogP contribution in [0, 0.1) is 11.7 Å². The molecule has 0 radical (unpaired) electrons. The Hall–Kier alpha value is -1.19. The first-order valence-corrected chi connectivity index (χ1v) is 4.77. The van der Waals surface area contributed by atoms with Crippen molar-refractivity contribution in [2.24, 2.45) is 5.92 Å². The first kappa shape index (κ1) is 10.3. The summed E-state index contributed by atoms with van der Waals surface area (Å²) in [6, 6.07) is 3.21. The van der Waals surface area contributed by atoms with Gasteiger partial charge >= 0.3 is 0 Å². The second kappa shape index (κ2) is 3.43. The SMILES string of the molecule is COc1ccc(F)cc1C(F)(F)C1CC1. The van der Waals surface area contributed by atoms with Gasteiger partial charge in [-0.15, -0.1) is 0 Å². The lowest BCUT2D eigenvalue weighted by Crippen LogP contribution is -2.17. The number of benzene rings is 1. The van der Waals surface area contributed by atoms with Gasteiger partial charge in [0.1, 0.15) is 11.6 Å². The van der Waals surface area contributed by atoms with Gasteiger partial charge in [-0.1, -0.05) is 0 Å². The topological polar surface area (TPSA) is 9.23 Å². The Labute approximate surface area is 85.9 Å². The summed E-state index contributed by atoms with van der Waals surface area (Å²) in [6.45, 7) is 0. The number of halogens is 3. The normalized spacial score (nSPS) is 16.5. The molecule has 0 aliphatic heterocycles. The average molecular weight is 216 g/mol. The van der Waals surface area contributed by atoms with Crippen LogP contribution in [0.15, 0.2) is 18.2 Å². The van der Waals surface area contributed by atoms with Gasteiger partial charge in [0.05, 0.1) is 12.7 Å². The van der Waals surface area contributed by atoms with Crippen LogP contribution in [0.4, 0.5) is 13.2 Å². The molecule has 82 valence electrons. The van der Waals surface area contributed by atoms with Crippen molar-refractivity contribution in [3.63, 3.8) is 0 Å². The molecule has 0 heterocycles. The lowest BCUT2D eigenvalue weighted by Gasteiger charge is -2.18. The van der Waals surface area contributed by atoms with E-state index in [9.17, 15) is 13.2 Å². The minimum Gasteiger partial charge on any atom is -0.496 e. The molecule has 1 nitrogen and oxygen atoms in total. The van der Waals surface area contributed by atoms with Crippen molar-refractivity contribution >= 4 is 0 Å². The fraction of sp³-hybridized carbons (Fsp3) is 0.455. The molecule has 0 unspecified atom stereocenters. The van der Waals surface area contributed by atoms with E-state index in [0.29, 0.717) is 12.8 Å². The number of rotatable bonds is 3. The Morgan fingerprint density at radius 2 is 2.00 bits per heavy atom. The minimum atomic E-state index is -2.98. The van der Waals surface area contributed by atoms with Gasteiger partial charge in [-0.25, -0.2) is 13.2 Å². The van der Waals surface area contributed by atoms with Crippen LogP contribution in [-0.2, 0) is 5.92 Å². The third-order valence-corrected chi connectivity index (χ3v) is 2.61. The van der Waals surface area contributed by atoms with E-state index in [4.69, 9.17) is 4.74 Å². The standard InChI is InChI=1S/C11H11F3O/c1-15-10-5-4-8(12)6-9(10)11(13,14)7-2-3-7/h4-7H,2-3H2,1H3. The first-order valence-electron chi connectivity index (χ1n) is 4.77. The van der Waals surface area contributed by atoms with Crippen LogP contribution < -0.4 is 4.74 Å². The van der Waals surface area contributed by atoms with Gasteiger partial charge in [0, 0.05) is 5.92 Å². The highest BCUT2D eigenvalue weighted by atomic mass is 19.3. The highest BCUT2D eigenvalue weighted by Crippen LogP contribution is 2.51. The van der Waals surface area contributed by atoms with Gasteiger partial charge in [0.25, 0.3) is 5.92 Å². The van der Waals surface area contributed by atoms with E-state index >= 15 is 0 Å². The molecule has 0 bridgehead atoms. The molecule has 0 atom stereocenters. The van der Waals surface area contributed by atoms with Crippen LogP contribution in [0.25, 0.3) is 0 Å². The highest BCUT2D eigenvalue weighted by molar-refractivity contribution is 5.38. The van der Waals surface area contributed by atoms with E-state index in [-0.39, 0.29) is 11.3 Å². The zero-order valence-electron chi connectivity index (χ0n) is 8.27. The number of methoxy groups -OCH3 is 1. The summed E-state index contributed by atoms with van der Waals surface area (Å²) in [5, 5.41) is 0. The van der Waals surface area contributed by atoms with Crippen molar-refractivity contribution in [2.45, 2.75) is 18.8 Å². The molecule has 1 fully saturated rings. The third-order valence-electron chi connectivity index (χ3n) is 2.61. The lowest BCUT2D eigenvalue weighted by atomic mass is 10.0. The smallest absolute Gasteiger partial charge is 0.279 e. The van der Waals surface area contributed by atoms with Crippen LogP contribution in [-0.4, -0.2) is 7.11 Å². The van der Waals surface area contributed by atoms with Gasteiger partial charge in [0.15, 0.2) is 0 Å². The Morgan fingerprint density at radius 1 is 1.33 bits per heavy atom. The Bertz CT molecular complexity index is 372. The predicted molar refractivity (Wildman–Crippen MR) is 49.6 cm³/mol. The van der Waals surface area contributed by atoms with Gasteiger partial charge in [-0.2, -0.15) is 0 Å². The zero-order chi connectivity index (χ0) is 11.1. The maximum Gasteiger partial charge on any atom is 0.279 e. The summed E-state index contributed by atoms with van der Waals surface area (Å²) >= 11 is 0. The summed E-state index contributed by atoms with van der Waals surface area (Å²) < 4.78 is 45.2. The third kappa shape index (κ3) is 1.80. The predicted octanol–water partition coefficient (Wildman–Crippen LogP) is 3.34. The molecule has 15 heavy (non-hydrogen) atoms. The van der Waals surface area contributed by atoms with E-state index in [0.717, 1.165) is 12.1 Å². The molecule has 4 heteroatoms. The van der Waals surface area contributed by atoms with E-state index in [2.05, 4.69) is 0 Å². The molecular weight excluding hydrogens is 205 g/mol. The minimum absolute atomic E-state index is 0.0494. The maximum atomic E-state index is 13.7. The lowest BCUT2D eigenvalue weighted by molar-refractivity contribution is -0.0307. The Balaban J connectivity index is 2.44. The molecule has 1 saturated carbocycles. The van der Waals surface area contributed by atoms with Crippen LogP contribution in [0.1, 0.15) is 18.4 Å². The van der Waals surface area contributed by atoms with Crippen molar-refractivity contribution in [1.29, 1.82) is 0 Å². The average Bonchev–Trinajstić information content (AvgIpc) is 3.01. The van der Waals surface area contributed by atoms with Crippen molar-refractivity contribution in [3.05, 3.63) is 29.6 Å². The van der Waals surface area contributed by atoms with Crippen LogP contribution in [0.3, 0.4) is 0 Å². The van der Waals surface area contributed by atoms with Crippen LogP contribution >= 0.6 is 0 Å². The first-order chi connectivity index (χ1) is 7.05. The second-order valence-electron chi connectivity index (χ2n) is 3.74. The van der Waals surface area contributed by atoms with Gasteiger partial charge in [-0.05, 0) is 31.0 Å². The van der Waals surface area contributed by atoms with Crippen molar-refractivity contribution in [2.75, 3.05) is 7.11 Å². The fourth-order valence-electron chi connectivity index (χ4n) is 1.61. The molecule has 1 aromatic carbocycles. The van der Waals surface area contributed by atoms with Crippen LogP contribution in [0.2, 0.25) is 0 Å². The summed E-state index contributed by atoms with van der Waals surface area (Å²) in [6.07, 6.45) is 0.985. The summed E-state index contributed by atoms with van der Waals surface area (Å²) in [7, 11) is 1.31. The van der Waals surface area contributed by atoms with Crippen molar-refractivity contribution < 1.29 is 17.9 Å². The van der Waals surface area contributed by atoms with Crippen molar-refractivity contribution in [3.8, 4) is 5.75 Å². The summed E-state index contributed by atoms with van der Waals surface area (Å²) in [5.74, 6) is -4.25. The van der Waals surface area contributed by atoms with E-state index in [1.54, 1.807) is 0 Å². The number of ether oxygens (including phenoxy) is 1. The number of hydrogen-bond donors (Lipinski definition) is 0. The van der Waals surface area contributed by atoms with E-state index in [1.165, 1.54) is 13.2 Å². The quantitative estimate of drug-likeness (QED) is 0.753. The van der Waals surface area contributed by atoms with Crippen LogP contribution in [0.5, 0.6) is 5.75 Å². The highest BCUT2D eigenvalue weighted by Gasteiger charge is 2.49. The molecular formula is C11H11F3O. The number of hydrogen-bond acceptors (Lipinski definition) is 1. The molecule has 0 aromatic heterocycles. The maximum absolute atomic E-state index is 13.7. The largest absolute Gasteiger partial charge is 0.496 e. The van der Waals surface area contributed by atoms with E-state index < -0.39 is 17.7 Å². The Kier molecular flexibility index (Phi) is 2.37. The van der Waals surface area contributed by atoms with Crippen molar-refractivity contribution in [1.82, 2.24) is 0 Å². The number of alkyl halides is 2. The Morgan fingerprint density at radius 3 is 2.53 bits per heavy atom. The molecule has 0 amide bonds. The summed E-state index contributed by atoms with van der Waals surface area (Å²) in [5.41, 5.74) is -0.340. The summed E-state index contributed by atoms with van der Waals surface area (Å²) in [4.78, 5) is 0. The zero-order valence-corrected chi connectivity index (χ0v) is 8.27. The molecule has 0 spiro atoms. The molecule has 1 aliphatic rings. The molecule has 1 aromatic rings. The molecule has 2 rings (SSSR count). The molecule has 1 aliphatic carbocycles. The van der Waals surface area contributed by atoms with Gasteiger partial charge < -0.3 is 4.74 Å².